The van der Waals surface area contributed by atoms with Crippen LogP contribution in [0.5, 0.6) is 0 Å². The van der Waals surface area contributed by atoms with Crippen molar-refractivity contribution in [1.29, 1.82) is 0 Å². The molecule has 1 heterocycles. The Morgan fingerprint density at radius 2 is 2.00 bits per heavy atom. The van der Waals surface area contributed by atoms with Crippen LogP contribution in [0, 0.1) is 24.1 Å². The summed E-state index contributed by atoms with van der Waals surface area (Å²) in [6, 6.07) is 3.57. The Balaban J connectivity index is 1.55. The lowest BCUT2D eigenvalue weighted by Gasteiger charge is -2.43. The number of anilines is 1. The van der Waals surface area contributed by atoms with Crippen LogP contribution in [-0.4, -0.2) is 47.4 Å². The van der Waals surface area contributed by atoms with Crippen molar-refractivity contribution in [3.8, 4) is 0 Å². The summed E-state index contributed by atoms with van der Waals surface area (Å²) in [5.41, 5.74) is -0.462. The predicted octanol–water partition coefficient (Wildman–Crippen LogP) is 2.75. The minimum atomic E-state index is -1.01. The second-order valence-corrected chi connectivity index (χ2v) is 9.43. The van der Waals surface area contributed by atoms with Crippen molar-refractivity contribution >= 4 is 29.5 Å². The van der Waals surface area contributed by atoms with E-state index >= 15 is 0 Å². The van der Waals surface area contributed by atoms with Crippen LogP contribution < -0.4 is 10.6 Å². The highest BCUT2D eigenvalue weighted by molar-refractivity contribution is 6.09. The van der Waals surface area contributed by atoms with Gasteiger partial charge in [0.25, 0.3) is 11.8 Å². The lowest BCUT2D eigenvalue weighted by molar-refractivity contribution is -0.150. The minimum absolute atomic E-state index is 0.120. The third-order valence-electron chi connectivity index (χ3n) is 5.73. The van der Waals surface area contributed by atoms with E-state index in [1.165, 1.54) is 12.1 Å². The Morgan fingerprint density at radius 1 is 1.29 bits per heavy atom. The van der Waals surface area contributed by atoms with E-state index in [0.29, 0.717) is 18.4 Å². The van der Waals surface area contributed by atoms with Gasteiger partial charge in [0.05, 0.1) is 0 Å². The Kier molecular flexibility index (Phi) is 6.07. The summed E-state index contributed by atoms with van der Waals surface area (Å²) in [5, 5.41) is 5.20. The van der Waals surface area contributed by atoms with Gasteiger partial charge < -0.3 is 15.4 Å². The average Bonchev–Trinajstić information content (AvgIpc) is 2.84. The van der Waals surface area contributed by atoms with Crippen molar-refractivity contribution in [1.82, 2.24) is 10.2 Å². The summed E-state index contributed by atoms with van der Waals surface area (Å²) in [6.45, 7) is 6.55. The van der Waals surface area contributed by atoms with Crippen LogP contribution in [0.4, 0.5) is 14.9 Å². The molecule has 0 aromatic heterocycles. The Morgan fingerprint density at radius 3 is 2.65 bits per heavy atom. The molecule has 1 aromatic rings. The molecule has 1 spiro atoms. The minimum Gasteiger partial charge on any atom is -0.454 e. The lowest BCUT2D eigenvalue weighted by Crippen LogP contribution is -2.54. The molecule has 2 fully saturated rings. The van der Waals surface area contributed by atoms with E-state index in [-0.39, 0.29) is 17.0 Å². The smallest absolute Gasteiger partial charge is 0.326 e. The second-order valence-electron chi connectivity index (χ2n) is 9.43. The van der Waals surface area contributed by atoms with E-state index in [4.69, 9.17) is 4.74 Å². The molecule has 1 saturated carbocycles. The molecule has 8 nitrogen and oxygen atoms in total. The number of ether oxygens (including phenoxy) is 1. The summed E-state index contributed by atoms with van der Waals surface area (Å²) in [4.78, 5) is 50.4. The molecular formula is C22H28FN3O5. The topological polar surface area (TPSA) is 105 Å². The molecule has 2 N–H and O–H groups in total. The molecule has 3 rings (SSSR count). The number of hydrogen-bond acceptors (Lipinski definition) is 5. The first-order valence-electron chi connectivity index (χ1n) is 10.3. The van der Waals surface area contributed by atoms with Gasteiger partial charge in [0.1, 0.15) is 17.9 Å². The second kappa shape index (κ2) is 8.28. The molecule has 1 aliphatic carbocycles. The molecule has 2 aliphatic rings. The van der Waals surface area contributed by atoms with Gasteiger partial charge in [-0.1, -0.05) is 26.8 Å². The fourth-order valence-corrected chi connectivity index (χ4v) is 4.84. The van der Waals surface area contributed by atoms with Gasteiger partial charge >= 0.3 is 12.0 Å². The van der Waals surface area contributed by atoms with Gasteiger partial charge in [-0.15, -0.1) is 0 Å². The van der Waals surface area contributed by atoms with Gasteiger partial charge in [0, 0.05) is 5.69 Å². The number of nitrogens with zero attached hydrogens (tertiary/aromatic N) is 1. The highest BCUT2D eigenvalue weighted by Crippen LogP contribution is 2.46. The van der Waals surface area contributed by atoms with Gasteiger partial charge in [-0.2, -0.15) is 0 Å². The number of nitrogens with one attached hydrogen (secondary N) is 2. The summed E-state index contributed by atoms with van der Waals surface area (Å²) in [7, 11) is 0. The van der Waals surface area contributed by atoms with E-state index < -0.39 is 48.3 Å². The lowest BCUT2D eigenvalue weighted by atomic mass is 9.64. The number of hydrogen-bond donors (Lipinski definition) is 2. The summed E-state index contributed by atoms with van der Waals surface area (Å²) < 4.78 is 18.5. The summed E-state index contributed by atoms with van der Waals surface area (Å²) in [5.74, 6) is -2.20. The van der Waals surface area contributed by atoms with Crippen molar-refractivity contribution in [3.05, 3.63) is 29.6 Å². The number of benzene rings is 1. The maximum Gasteiger partial charge on any atom is 0.326 e. The highest BCUT2D eigenvalue weighted by Gasteiger charge is 2.56. The van der Waals surface area contributed by atoms with Crippen molar-refractivity contribution in [2.24, 2.45) is 11.3 Å². The first-order chi connectivity index (χ1) is 14.4. The van der Waals surface area contributed by atoms with Crippen molar-refractivity contribution in [2.45, 2.75) is 52.5 Å². The van der Waals surface area contributed by atoms with Crippen molar-refractivity contribution < 1.29 is 28.3 Å². The van der Waals surface area contributed by atoms with E-state index in [1.807, 2.05) is 6.92 Å². The van der Waals surface area contributed by atoms with Crippen molar-refractivity contribution in [3.63, 3.8) is 0 Å². The normalized spacial score (nSPS) is 24.8. The monoisotopic (exact) mass is 433 g/mol. The van der Waals surface area contributed by atoms with E-state index in [2.05, 4.69) is 24.5 Å². The van der Waals surface area contributed by atoms with Crippen LogP contribution in [0.25, 0.3) is 0 Å². The Labute approximate surface area is 180 Å². The molecule has 168 valence electrons. The van der Waals surface area contributed by atoms with Crippen LogP contribution in [0.1, 0.15) is 45.6 Å². The van der Waals surface area contributed by atoms with Crippen LogP contribution in [-0.2, 0) is 19.1 Å². The van der Waals surface area contributed by atoms with Crippen LogP contribution in [0.15, 0.2) is 18.2 Å². The van der Waals surface area contributed by atoms with Crippen LogP contribution in [0.3, 0.4) is 0 Å². The third kappa shape index (κ3) is 5.03. The summed E-state index contributed by atoms with van der Waals surface area (Å²) >= 11 is 0. The first-order valence-corrected chi connectivity index (χ1v) is 10.3. The number of rotatable bonds is 5. The first kappa shape index (κ1) is 22.7. The van der Waals surface area contributed by atoms with Crippen molar-refractivity contribution in [2.75, 3.05) is 18.5 Å². The SMILES string of the molecule is Cc1ccc(NC(=O)COC(=O)CN2C(=O)N[C@]3(C[C@H](C)CC(C)(C)C3)C2=O)cc1F. The molecule has 1 saturated heterocycles. The van der Waals surface area contributed by atoms with Gasteiger partial charge in [-0.05, 0) is 55.2 Å². The quantitative estimate of drug-likeness (QED) is 0.549. The maximum atomic E-state index is 13.6. The molecule has 1 aliphatic heterocycles. The number of imide groups is 1. The van der Waals surface area contributed by atoms with Crippen LogP contribution in [0.2, 0.25) is 0 Å². The molecule has 1 aromatic carbocycles. The molecule has 0 radical (unpaired) electrons. The zero-order chi connectivity index (χ0) is 23.0. The zero-order valence-corrected chi connectivity index (χ0v) is 18.2. The van der Waals surface area contributed by atoms with E-state index in [0.717, 1.165) is 17.4 Å². The molecule has 0 bridgehead atoms. The number of esters is 1. The molecule has 9 heteroatoms. The average molecular weight is 433 g/mol. The number of carbonyl (C=O) groups is 4. The number of halogens is 1. The number of urea groups is 1. The number of amides is 4. The van der Waals surface area contributed by atoms with Gasteiger partial charge in [-0.3, -0.25) is 19.3 Å². The van der Waals surface area contributed by atoms with Gasteiger partial charge in [-0.25, -0.2) is 9.18 Å². The number of aryl methyl sites for hydroxylation is 1. The highest BCUT2D eigenvalue weighted by atomic mass is 19.1. The fourth-order valence-electron chi connectivity index (χ4n) is 4.84. The van der Waals surface area contributed by atoms with Gasteiger partial charge in [0.2, 0.25) is 0 Å². The molecule has 2 atom stereocenters. The zero-order valence-electron chi connectivity index (χ0n) is 18.2. The summed E-state index contributed by atoms with van der Waals surface area (Å²) in [6.07, 6.45) is 1.96. The van der Waals surface area contributed by atoms with Crippen LogP contribution >= 0.6 is 0 Å². The Bertz CT molecular complexity index is 932. The molecular weight excluding hydrogens is 405 g/mol. The fraction of sp³-hybridized carbons (Fsp3) is 0.545. The predicted molar refractivity (Wildman–Crippen MR) is 110 cm³/mol. The largest absolute Gasteiger partial charge is 0.454 e. The third-order valence-corrected chi connectivity index (χ3v) is 5.73. The van der Waals surface area contributed by atoms with E-state index in [1.54, 1.807) is 6.92 Å². The molecule has 0 unspecified atom stereocenters. The molecule has 31 heavy (non-hydrogen) atoms. The Hall–Kier alpha value is -2.97. The number of carbonyl (C=O) groups excluding carboxylic acids is 4. The van der Waals surface area contributed by atoms with E-state index in [9.17, 15) is 23.6 Å². The molecule has 4 amide bonds. The maximum absolute atomic E-state index is 13.6. The van der Waals surface area contributed by atoms with Gasteiger partial charge in [0.15, 0.2) is 6.61 Å². The standard InChI is InChI=1S/C22H28FN3O5/c1-13-8-21(3,4)12-22(9-13)19(29)26(20(30)25-22)10-18(28)31-11-17(27)24-15-6-5-14(2)16(23)7-15/h5-7,13H,8-12H2,1-4H3,(H,24,27)(H,25,30)/t13-,22+/m1/s1.